The molecule has 3 saturated heterocycles. The number of phosphoric acid groups is 4. The number of hydrogen-bond acceptors (Lipinski definition) is 29. The topological polar surface area (TPSA) is 539 Å². The van der Waals surface area contributed by atoms with Gasteiger partial charge < -0.3 is 79.5 Å². The van der Waals surface area contributed by atoms with Gasteiger partial charge in [-0.3, -0.25) is 46.9 Å². The summed E-state index contributed by atoms with van der Waals surface area (Å²) < 4.78 is 108. The molecule has 74 heavy (non-hydrogen) atoms. The monoisotopic (exact) mass is 1130 g/mol. The van der Waals surface area contributed by atoms with Gasteiger partial charge in [0.15, 0.2) is 35.6 Å². The predicted octanol–water partition coefficient (Wildman–Crippen LogP) is -4.92. The SMILES string of the molecule is COC1C(OP(=O)([O-])OCC2OC(n3cnc4c(=O)[nH]c(N)nc43)C(O)C2O)C(COP(=O)(O)OP(=O)(O)OP(=O)(O)OCC2OC([n+]3cn(C)c4c(=O)[nH]c(N)nc43)C(O)C2O)OC1n1cnc2cncnc21. The molecule has 16 atom stereocenters. The molecule has 0 saturated carbocycles. The van der Waals surface area contributed by atoms with Gasteiger partial charge in [0.25, 0.3) is 24.9 Å². The average Bonchev–Trinajstić information content (AvgIpc) is 4.16. The van der Waals surface area contributed by atoms with Gasteiger partial charge in [-0.15, -0.1) is 0 Å². The van der Waals surface area contributed by atoms with Crippen LogP contribution in [0.3, 0.4) is 0 Å². The average molecular weight is 1130 g/mol. The molecule has 16 unspecified atom stereocenters. The van der Waals surface area contributed by atoms with Crippen molar-refractivity contribution in [3.63, 3.8) is 0 Å². The fourth-order valence-corrected chi connectivity index (χ4v) is 12.7. The van der Waals surface area contributed by atoms with E-state index in [9.17, 15) is 67.8 Å². The quantitative estimate of drug-likeness (QED) is 0.0267. The number of phosphoric ester groups is 3. The normalized spacial score (nSPS) is 30.7. The van der Waals surface area contributed by atoms with Gasteiger partial charge in [-0.2, -0.15) is 13.6 Å². The van der Waals surface area contributed by atoms with E-state index in [0.717, 1.165) is 28.9 Å². The van der Waals surface area contributed by atoms with Crippen molar-refractivity contribution in [3.05, 3.63) is 52.2 Å². The molecular weight excluding hydrogens is 1090 g/mol. The smallest absolute Gasteiger partial charge is 0.490 e. The Balaban J connectivity index is 0.854. The van der Waals surface area contributed by atoms with E-state index in [4.69, 9.17) is 44.0 Å². The standard InChI is InChI=1S/C32H42N14O24P4/c1-43-10-46(25-16(43)27(52)42-32(34)40-25)29-20(50)18(48)13(66-29)5-63-72(55,56)69-74(59,60)70-73(57,58)64-6-14-21(22(61-2)30(67-14)44-8-37-11-3-35-7-36-23(11)44)68-71(53,54)62-4-12-17(47)19(49)28(65-12)45-9-38-15-24(45)39-31(33)41-26(15)51/h3,7-10,12-14,17-22,28-30,47-50H,4-6H2,1-2H3,(H9-,33,34,39,40,41,42,51,52,53,54,55,56,57,58,59,60). The summed E-state index contributed by atoms with van der Waals surface area (Å²) in [6.45, 7) is -3.45. The largest absolute Gasteiger partial charge is 0.756 e. The van der Waals surface area contributed by atoms with Crippen molar-refractivity contribution < 1.29 is 108 Å². The van der Waals surface area contributed by atoms with E-state index in [-0.39, 0.29) is 45.4 Å². The lowest BCUT2D eigenvalue weighted by molar-refractivity contribution is -0.745. The first kappa shape index (κ1) is 53.9. The summed E-state index contributed by atoms with van der Waals surface area (Å²) in [6.07, 6.45) is -14.4. The molecule has 38 nitrogen and oxygen atoms in total. The number of aromatic amines is 2. The third kappa shape index (κ3) is 10.7. The van der Waals surface area contributed by atoms with Crippen molar-refractivity contribution in [1.29, 1.82) is 0 Å². The molecule has 404 valence electrons. The highest BCUT2D eigenvalue weighted by Gasteiger charge is 2.53. The Bertz CT molecular complexity index is 3410. The third-order valence-corrected chi connectivity index (χ3v) is 16.6. The maximum atomic E-state index is 13.5. The fraction of sp³-hybridized carbons (Fsp3) is 0.531. The first-order valence-corrected chi connectivity index (χ1v) is 26.9. The minimum Gasteiger partial charge on any atom is -0.756 e. The Morgan fingerprint density at radius 3 is 2.04 bits per heavy atom. The van der Waals surface area contributed by atoms with Crippen molar-refractivity contribution in [2.24, 2.45) is 7.05 Å². The lowest BCUT2D eigenvalue weighted by Gasteiger charge is -2.31. The van der Waals surface area contributed by atoms with Crippen molar-refractivity contribution in [3.8, 4) is 0 Å². The highest BCUT2D eigenvalue weighted by Crippen LogP contribution is 2.68. The number of aromatic nitrogens is 12. The number of fused-ring (bicyclic) bond motifs is 3. The van der Waals surface area contributed by atoms with E-state index in [2.05, 4.69) is 53.0 Å². The molecule has 3 aliphatic heterocycles. The number of imidazole rings is 3. The molecule has 42 heteroatoms. The minimum absolute atomic E-state index is 0.0229. The maximum absolute atomic E-state index is 13.5. The molecule has 0 radical (unpaired) electrons. The molecule has 3 fully saturated rings. The Morgan fingerprint density at radius 2 is 1.34 bits per heavy atom. The summed E-state index contributed by atoms with van der Waals surface area (Å²) in [6, 6.07) is 0. The number of hydrogen-bond donors (Lipinski definition) is 11. The summed E-state index contributed by atoms with van der Waals surface area (Å²) >= 11 is 0. The molecule has 3 aliphatic rings. The number of aliphatic hydroxyl groups excluding tert-OH is 4. The van der Waals surface area contributed by atoms with Gasteiger partial charge in [-0.25, -0.2) is 38.2 Å². The number of H-pyrrole nitrogens is 2. The predicted molar refractivity (Wildman–Crippen MR) is 232 cm³/mol. The zero-order chi connectivity index (χ0) is 53.4. The number of nitrogen functional groups attached to an aromatic ring is 2. The molecule has 9 heterocycles. The van der Waals surface area contributed by atoms with E-state index in [1.807, 2.05) is 0 Å². The molecule has 6 aromatic rings. The molecule has 0 bridgehead atoms. The lowest BCUT2D eigenvalue weighted by atomic mass is 10.1. The summed E-state index contributed by atoms with van der Waals surface area (Å²) in [5.74, 6) is -0.629. The van der Waals surface area contributed by atoms with E-state index in [0.29, 0.717) is 0 Å². The Morgan fingerprint density at radius 1 is 0.743 bits per heavy atom. The second-order valence-electron chi connectivity index (χ2n) is 16.2. The first-order valence-electron chi connectivity index (χ1n) is 20.9. The number of nitrogens with one attached hydrogen (secondary N) is 2. The van der Waals surface area contributed by atoms with Crippen molar-refractivity contribution in [2.75, 3.05) is 38.4 Å². The van der Waals surface area contributed by atoms with E-state index in [1.54, 1.807) is 0 Å². The Hall–Kier alpha value is -4.95. The highest BCUT2D eigenvalue weighted by molar-refractivity contribution is 7.66. The number of anilines is 2. The molecule has 0 spiro atoms. The number of nitrogens with two attached hydrogens (primary N) is 2. The van der Waals surface area contributed by atoms with E-state index in [1.165, 1.54) is 35.0 Å². The van der Waals surface area contributed by atoms with Crippen LogP contribution in [0.1, 0.15) is 18.7 Å². The van der Waals surface area contributed by atoms with E-state index < -0.39 is 136 Å². The van der Waals surface area contributed by atoms with Crippen LogP contribution in [0.15, 0.2) is 41.1 Å². The lowest BCUT2D eigenvalue weighted by Crippen LogP contribution is -2.46. The molecular formula is C32H42N14O24P4. The number of nitrogens with zero attached hydrogens (tertiary/aromatic N) is 10. The zero-order valence-electron chi connectivity index (χ0n) is 37.4. The fourth-order valence-electron chi connectivity index (χ4n) is 8.20. The van der Waals surface area contributed by atoms with Crippen LogP contribution in [0, 0.1) is 0 Å². The Labute approximate surface area is 409 Å². The maximum Gasteiger partial charge on any atom is 0.490 e. The Kier molecular flexibility index (Phi) is 14.7. The van der Waals surface area contributed by atoms with E-state index >= 15 is 0 Å². The van der Waals surface area contributed by atoms with Crippen LogP contribution in [0.4, 0.5) is 11.9 Å². The molecule has 9 rings (SSSR count). The molecule has 0 aliphatic carbocycles. The summed E-state index contributed by atoms with van der Waals surface area (Å²) in [5, 5.41) is 43.1. The van der Waals surface area contributed by atoms with Gasteiger partial charge in [0.2, 0.25) is 17.7 Å². The van der Waals surface area contributed by atoms with Crippen LogP contribution in [-0.4, -0.2) is 171 Å². The van der Waals surface area contributed by atoms with Crippen LogP contribution in [0.25, 0.3) is 33.5 Å². The number of ether oxygens (including phenoxy) is 4. The van der Waals surface area contributed by atoms with Gasteiger partial charge in [-0.05, 0) is 0 Å². The first-order chi connectivity index (χ1) is 34.8. The van der Waals surface area contributed by atoms with Crippen LogP contribution < -0.4 is 32.0 Å². The summed E-state index contributed by atoms with van der Waals surface area (Å²) in [4.78, 5) is 98.0. The minimum atomic E-state index is -6.20. The number of aliphatic hydroxyl groups is 4. The number of rotatable bonds is 19. The van der Waals surface area contributed by atoms with Crippen LogP contribution in [0.2, 0.25) is 0 Å². The molecule has 13 N–H and O–H groups in total. The van der Waals surface area contributed by atoms with Crippen molar-refractivity contribution in [1.82, 2.24) is 53.6 Å². The van der Waals surface area contributed by atoms with Crippen LogP contribution >= 0.6 is 31.3 Å². The van der Waals surface area contributed by atoms with Gasteiger partial charge in [-0.1, -0.05) is 4.98 Å². The van der Waals surface area contributed by atoms with Gasteiger partial charge >= 0.3 is 29.1 Å². The molecule has 0 amide bonds. The second kappa shape index (κ2) is 20.2. The summed E-state index contributed by atoms with van der Waals surface area (Å²) in [5.41, 5.74) is 9.71. The van der Waals surface area contributed by atoms with Crippen molar-refractivity contribution >= 4 is 76.7 Å². The molecule has 0 aromatic carbocycles. The van der Waals surface area contributed by atoms with Gasteiger partial charge in [0.1, 0.15) is 66.8 Å². The molecule has 6 aromatic heterocycles. The summed E-state index contributed by atoms with van der Waals surface area (Å²) in [7, 11) is -21.1. The number of methoxy groups -OCH3 is 1. The van der Waals surface area contributed by atoms with Crippen LogP contribution in [0.5, 0.6) is 0 Å². The number of aryl methyl sites for hydroxylation is 1. The van der Waals surface area contributed by atoms with Crippen molar-refractivity contribution in [2.45, 2.75) is 73.6 Å². The second-order valence-corrected chi connectivity index (χ2v) is 22.2. The van der Waals surface area contributed by atoms with Gasteiger partial charge in [0, 0.05) is 7.11 Å². The highest BCUT2D eigenvalue weighted by atomic mass is 31.3. The zero-order valence-corrected chi connectivity index (χ0v) is 41.0. The van der Waals surface area contributed by atoms with Crippen LogP contribution in [-0.2, 0) is 71.0 Å². The van der Waals surface area contributed by atoms with Gasteiger partial charge in [0.05, 0.1) is 45.7 Å². The third-order valence-electron chi connectivity index (χ3n) is 11.4.